The quantitative estimate of drug-likeness (QED) is 0.591. The SMILES string of the molecule is CNCCCCS(=O)(=O)N(CCOC)C(C)C. The third kappa shape index (κ3) is 6.98. The zero-order valence-corrected chi connectivity index (χ0v) is 12.2. The highest BCUT2D eigenvalue weighted by molar-refractivity contribution is 7.89. The molecule has 6 heteroatoms. The van der Waals surface area contributed by atoms with E-state index in [1.807, 2.05) is 20.9 Å². The summed E-state index contributed by atoms with van der Waals surface area (Å²) in [5.74, 6) is 0.219. The minimum atomic E-state index is -3.15. The van der Waals surface area contributed by atoms with Gasteiger partial charge in [-0.2, -0.15) is 4.31 Å². The fraction of sp³-hybridized carbons (Fsp3) is 1.00. The lowest BCUT2D eigenvalue weighted by atomic mass is 10.3. The second kappa shape index (κ2) is 8.85. The Morgan fingerprint density at radius 1 is 1.29 bits per heavy atom. The van der Waals surface area contributed by atoms with Crippen molar-refractivity contribution in [2.24, 2.45) is 0 Å². The molecule has 0 heterocycles. The standard InChI is InChI=1S/C11H26N2O3S/c1-11(2)13(8-9-16-4)17(14,15)10-6-5-7-12-3/h11-12H,5-10H2,1-4H3. The van der Waals surface area contributed by atoms with E-state index in [2.05, 4.69) is 5.32 Å². The van der Waals surface area contributed by atoms with E-state index in [9.17, 15) is 8.42 Å². The first kappa shape index (κ1) is 16.8. The molecule has 0 atom stereocenters. The van der Waals surface area contributed by atoms with E-state index in [1.54, 1.807) is 7.11 Å². The summed E-state index contributed by atoms with van der Waals surface area (Å²) in [7, 11) is 0.301. The van der Waals surface area contributed by atoms with E-state index in [1.165, 1.54) is 4.31 Å². The molecule has 1 N–H and O–H groups in total. The largest absolute Gasteiger partial charge is 0.383 e. The summed E-state index contributed by atoms with van der Waals surface area (Å²) in [6.07, 6.45) is 1.57. The molecule has 0 rings (SSSR count). The Balaban J connectivity index is 4.29. The minimum absolute atomic E-state index is 0.0144. The van der Waals surface area contributed by atoms with Gasteiger partial charge in [0, 0.05) is 19.7 Å². The maximum Gasteiger partial charge on any atom is 0.214 e. The van der Waals surface area contributed by atoms with Gasteiger partial charge in [0.05, 0.1) is 12.4 Å². The zero-order chi connectivity index (χ0) is 13.3. The van der Waals surface area contributed by atoms with Gasteiger partial charge in [-0.3, -0.25) is 0 Å². The van der Waals surface area contributed by atoms with Crippen molar-refractivity contribution in [3.8, 4) is 0 Å². The molecule has 0 aliphatic carbocycles. The molecule has 0 unspecified atom stereocenters. The molecule has 17 heavy (non-hydrogen) atoms. The van der Waals surface area contributed by atoms with Crippen molar-refractivity contribution in [1.82, 2.24) is 9.62 Å². The molecule has 0 amide bonds. The molecule has 104 valence electrons. The molecule has 0 spiro atoms. The molecule has 0 aromatic heterocycles. The third-order valence-electron chi connectivity index (χ3n) is 2.53. The monoisotopic (exact) mass is 266 g/mol. The molecule has 0 aliphatic heterocycles. The molecule has 0 saturated carbocycles. The van der Waals surface area contributed by atoms with Crippen LogP contribution in [0.1, 0.15) is 26.7 Å². The molecule has 0 aliphatic rings. The second-order valence-corrected chi connectivity index (χ2v) is 6.37. The van der Waals surface area contributed by atoms with Gasteiger partial charge in [0.2, 0.25) is 10.0 Å². The van der Waals surface area contributed by atoms with Crippen molar-refractivity contribution < 1.29 is 13.2 Å². The van der Waals surface area contributed by atoms with E-state index in [4.69, 9.17) is 4.74 Å². The van der Waals surface area contributed by atoms with Gasteiger partial charge in [-0.05, 0) is 40.3 Å². The van der Waals surface area contributed by atoms with Crippen molar-refractivity contribution in [1.29, 1.82) is 0 Å². The van der Waals surface area contributed by atoms with Crippen molar-refractivity contribution >= 4 is 10.0 Å². The highest BCUT2D eigenvalue weighted by atomic mass is 32.2. The average Bonchev–Trinajstić information content (AvgIpc) is 2.24. The van der Waals surface area contributed by atoms with Gasteiger partial charge in [0.15, 0.2) is 0 Å². The van der Waals surface area contributed by atoms with Gasteiger partial charge in [0.25, 0.3) is 0 Å². The first-order valence-electron chi connectivity index (χ1n) is 6.08. The van der Waals surface area contributed by atoms with Crippen LogP contribution < -0.4 is 5.32 Å². The highest BCUT2D eigenvalue weighted by Crippen LogP contribution is 2.09. The normalized spacial score (nSPS) is 12.6. The van der Waals surface area contributed by atoms with Gasteiger partial charge in [-0.15, -0.1) is 0 Å². The number of hydrogen-bond donors (Lipinski definition) is 1. The predicted octanol–water partition coefficient (Wildman–Crippen LogP) is 0.673. The maximum atomic E-state index is 12.1. The Morgan fingerprint density at radius 2 is 1.94 bits per heavy atom. The predicted molar refractivity (Wildman–Crippen MR) is 70.7 cm³/mol. The van der Waals surface area contributed by atoms with Crippen LogP contribution in [0.15, 0.2) is 0 Å². The summed E-state index contributed by atoms with van der Waals surface area (Å²) in [5.41, 5.74) is 0. The Hall–Kier alpha value is -0.170. The van der Waals surface area contributed by atoms with E-state index in [0.717, 1.165) is 13.0 Å². The van der Waals surface area contributed by atoms with Crippen LogP contribution in [0.25, 0.3) is 0 Å². The lowest BCUT2D eigenvalue weighted by molar-refractivity contribution is 0.171. The van der Waals surface area contributed by atoms with Gasteiger partial charge in [-0.25, -0.2) is 8.42 Å². The lowest BCUT2D eigenvalue weighted by Crippen LogP contribution is -2.40. The first-order chi connectivity index (χ1) is 7.95. The van der Waals surface area contributed by atoms with Gasteiger partial charge >= 0.3 is 0 Å². The minimum Gasteiger partial charge on any atom is -0.383 e. The van der Waals surface area contributed by atoms with Crippen LogP contribution >= 0.6 is 0 Å². The highest BCUT2D eigenvalue weighted by Gasteiger charge is 2.23. The van der Waals surface area contributed by atoms with Crippen LogP contribution in [-0.2, 0) is 14.8 Å². The topological polar surface area (TPSA) is 58.6 Å². The number of nitrogens with zero attached hydrogens (tertiary/aromatic N) is 1. The maximum absolute atomic E-state index is 12.1. The Kier molecular flexibility index (Phi) is 8.77. The number of sulfonamides is 1. The number of nitrogens with one attached hydrogen (secondary N) is 1. The van der Waals surface area contributed by atoms with Crippen LogP contribution in [0.3, 0.4) is 0 Å². The summed E-state index contributed by atoms with van der Waals surface area (Å²) >= 11 is 0. The Bertz CT molecular complexity index is 278. The molecule has 0 bridgehead atoms. The summed E-state index contributed by atoms with van der Waals surface area (Å²) in [6.45, 7) is 5.51. The van der Waals surface area contributed by atoms with E-state index in [-0.39, 0.29) is 11.8 Å². The number of ether oxygens (including phenoxy) is 1. The van der Waals surface area contributed by atoms with Crippen LogP contribution in [0.5, 0.6) is 0 Å². The van der Waals surface area contributed by atoms with Crippen molar-refractivity contribution in [3.63, 3.8) is 0 Å². The molecular weight excluding hydrogens is 240 g/mol. The van der Waals surface area contributed by atoms with E-state index >= 15 is 0 Å². The van der Waals surface area contributed by atoms with E-state index < -0.39 is 10.0 Å². The fourth-order valence-corrected chi connectivity index (χ4v) is 3.40. The van der Waals surface area contributed by atoms with Gasteiger partial charge in [0.1, 0.15) is 0 Å². The van der Waals surface area contributed by atoms with Crippen molar-refractivity contribution in [3.05, 3.63) is 0 Å². The number of rotatable bonds is 10. The van der Waals surface area contributed by atoms with Crippen molar-refractivity contribution in [2.75, 3.05) is 39.6 Å². The first-order valence-corrected chi connectivity index (χ1v) is 7.69. The molecule has 5 nitrogen and oxygen atoms in total. The Labute approximate surface area is 106 Å². The molecule has 0 radical (unpaired) electrons. The van der Waals surface area contributed by atoms with E-state index in [0.29, 0.717) is 19.6 Å². The Morgan fingerprint density at radius 3 is 2.41 bits per heavy atom. The number of unbranched alkanes of at least 4 members (excludes halogenated alkanes) is 1. The zero-order valence-electron chi connectivity index (χ0n) is 11.4. The van der Waals surface area contributed by atoms with Crippen LogP contribution in [-0.4, -0.2) is 58.4 Å². The molecule has 0 fully saturated rings. The number of methoxy groups -OCH3 is 1. The number of hydrogen-bond acceptors (Lipinski definition) is 4. The lowest BCUT2D eigenvalue weighted by Gasteiger charge is -2.25. The average molecular weight is 266 g/mol. The second-order valence-electron chi connectivity index (χ2n) is 4.32. The summed E-state index contributed by atoms with van der Waals surface area (Å²) < 4.78 is 30.7. The molecule has 0 saturated heterocycles. The fourth-order valence-electron chi connectivity index (χ4n) is 1.60. The van der Waals surface area contributed by atoms with Gasteiger partial charge < -0.3 is 10.1 Å². The van der Waals surface area contributed by atoms with Crippen LogP contribution in [0.4, 0.5) is 0 Å². The summed E-state index contributed by atoms with van der Waals surface area (Å²) in [4.78, 5) is 0. The molecule has 0 aromatic carbocycles. The van der Waals surface area contributed by atoms with Crippen LogP contribution in [0.2, 0.25) is 0 Å². The molecule has 0 aromatic rings. The summed E-state index contributed by atoms with van der Waals surface area (Å²) in [6, 6.07) is -0.0144. The smallest absolute Gasteiger partial charge is 0.214 e. The summed E-state index contributed by atoms with van der Waals surface area (Å²) in [5, 5.41) is 3.01. The van der Waals surface area contributed by atoms with Crippen LogP contribution in [0, 0.1) is 0 Å². The van der Waals surface area contributed by atoms with Crippen molar-refractivity contribution in [2.45, 2.75) is 32.7 Å². The third-order valence-corrected chi connectivity index (χ3v) is 4.65. The van der Waals surface area contributed by atoms with Gasteiger partial charge in [-0.1, -0.05) is 0 Å². The molecular formula is C11H26N2O3S.